The molecule has 2 nitrogen and oxygen atoms in total. The molecule has 2 unspecified atom stereocenters. The second-order valence-electron chi connectivity index (χ2n) is 5.57. The van der Waals surface area contributed by atoms with Crippen molar-refractivity contribution < 1.29 is 4.39 Å². The lowest BCUT2D eigenvalue weighted by atomic mass is 9.98. The van der Waals surface area contributed by atoms with E-state index in [1.807, 2.05) is 0 Å². The van der Waals surface area contributed by atoms with Gasteiger partial charge in [-0.25, -0.2) is 4.39 Å². The molecule has 2 atom stereocenters. The Morgan fingerprint density at radius 2 is 2.21 bits per heavy atom. The lowest BCUT2D eigenvalue weighted by Gasteiger charge is -2.43. The predicted octanol–water partition coefficient (Wildman–Crippen LogP) is 3.69. The second kappa shape index (κ2) is 6.10. The van der Waals surface area contributed by atoms with Gasteiger partial charge < -0.3 is 10.2 Å². The quantitative estimate of drug-likeness (QED) is 0.911. The summed E-state index contributed by atoms with van der Waals surface area (Å²) < 4.78 is 13.5. The first-order chi connectivity index (χ1) is 9.02. The number of hydrogen-bond donors (Lipinski definition) is 1. The van der Waals surface area contributed by atoms with Crippen LogP contribution in [0.15, 0.2) is 18.2 Å². The van der Waals surface area contributed by atoms with E-state index in [9.17, 15) is 4.39 Å². The van der Waals surface area contributed by atoms with E-state index in [4.69, 9.17) is 11.6 Å². The maximum atomic E-state index is 13.5. The fourth-order valence-corrected chi connectivity index (χ4v) is 2.86. The first kappa shape index (κ1) is 14.6. The summed E-state index contributed by atoms with van der Waals surface area (Å²) in [6.07, 6.45) is 1.02. The summed E-state index contributed by atoms with van der Waals surface area (Å²) >= 11 is 6.25. The number of halogens is 2. The van der Waals surface area contributed by atoms with Gasteiger partial charge in [-0.05, 0) is 30.5 Å². The molecule has 2 rings (SSSR count). The summed E-state index contributed by atoms with van der Waals surface area (Å²) in [5.41, 5.74) is 0.820. The van der Waals surface area contributed by atoms with Crippen molar-refractivity contribution >= 4 is 17.3 Å². The minimum absolute atomic E-state index is 0.228. The largest absolute Gasteiger partial charge is 0.364 e. The van der Waals surface area contributed by atoms with Gasteiger partial charge in [0.25, 0.3) is 0 Å². The van der Waals surface area contributed by atoms with Gasteiger partial charge in [0.2, 0.25) is 0 Å². The molecule has 1 heterocycles. The molecule has 0 spiro atoms. The Hall–Kier alpha value is -0.800. The van der Waals surface area contributed by atoms with E-state index in [-0.39, 0.29) is 5.82 Å². The fourth-order valence-electron chi connectivity index (χ4n) is 2.64. The zero-order valence-corrected chi connectivity index (χ0v) is 12.5. The molecule has 0 bridgehead atoms. The Kier molecular flexibility index (Phi) is 4.69. The highest BCUT2D eigenvalue weighted by Gasteiger charge is 2.29. The Morgan fingerprint density at radius 1 is 1.47 bits per heavy atom. The Bertz CT molecular complexity index is 436. The van der Waals surface area contributed by atoms with Crippen LogP contribution in [0.2, 0.25) is 5.02 Å². The molecule has 106 valence electrons. The molecule has 0 radical (unpaired) electrons. The van der Waals surface area contributed by atoms with Crippen LogP contribution in [-0.4, -0.2) is 25.2 Å². The molecule has 4 heteroatoms. The number of nitrogens with zero attached hydrogens (tertiary/aromatic N) is 1. The molecule has 1 fully saturated rings. The van der Waals surface area contributed by atoms with Crippen molar-refractivity contribution in [2.45, 2.75) is 39.3 Å². The van der Waals surface area contributed by atoms with Crippen LogP contribution < -0.4 is 10.2 Å². The lowest BCUT2D eigenvalue weighted by Crippen LogP contribution is -2.58. The standard InChI is InChI=1S/C15H22ClFN2/c1-4-12-8-18-14(10(2)3)9-19(12)15-7-11(17)5-6-13(15)16/h5-7,10,12,14,18H,4,8-9H2,1-3H3. The minimum Gasteiger partial charge on any atom is -0.364 e. The van der Waals surface area contributed by atoms with E-state index in [0.717, 1.165) is 25.2 Å². The summed E-state index contributed by atoms with van der Waals surface area (Å²) in [6, 6.07) is 5.39. The first-order valence-corrected chi connectivity index (χ1v) is 7.35. The smallest absolute Gasteiger partial charge is 0.125 e. The molecule has 0 aromatic heterocycles. The Labute approximate surface area is 119 Å². The highest BCUT2D eigenvalue weighted by molar-refractivity contribution is 6.33. The van der Waals surface area contributed by atoms with Crippen LogP contribution in [0, 0.1) is 11.7 Å². The maximum Gasteiger partial charge on any atom is 0.125 e. The predicted molar refractivity (Wildman–Crippen MR) is 79.5 cm³/mol. The van der Waals surface area contributed by atoms with Gasteiger partial charge in [0, 0.05) is 25.2 Å². The highest BCUT2D eigenvalue weighted by Crippen LogP contribution is 2.31. The van der Waals surface area contributed by atoms with Crippen LogP contribution in [0.25, 0.3) is 0 Å². The number of piperazine rings is 1. The van der Waals surface area contributed by atoms with Crippen molar-refractivity contribution in [1.29, 1.82) is 0 Å². The van der Waals surface area contributed by atoms with Gasteiger partial charge in [-0.2, -0.15) is 0 Å². The second-order valence-corrected chi connectivity index (χ2v) is 5.98. The molecule has 0 aliphatic carbocycles. The van der Waals surface area contributed by atoms with Gasteiger partial charge in [0.05, 0.1) is 10.7 Å². The number of rotatable bonds is 3. The van der Waals surface area contributed by atoms with Gasteiger partial charge in [0.1, 0.15) is 5.82 Å². The molecule has 1 aliphatic rings. The van der Waals surface area contributed by atoms with Crippen molar-refractivity contribution in [3.05, 3.63) is 29.0 Å². The van der Waals surface area contributed by atoms with Gasteiger partial charge in [-0.15, -0.1) is 0 Å². The lowest BCUT2D eigenvalue weighted by molar-refractivity contribution is 0.325. The monoisotopic (exact) mass is 284 g/mol. The third-order valence-electron chi connectivity index (χ3n) is 3.94. The van der Waals surface area contributed by atoms with Crippen molar-refractivity contribution in [3.63, 3.8) is 0 Å². The van der Waals surface area contributed by atoms with E-state index >= 15 is 0 Å². The number of hydrogen-bond acceptors (Lipinski definition) is 2. The third-order valence-corrected chi connectivity index (χ3v) is 4.26. The Morgan fingerprint density at radius 3 is 2.84 bits per heavy atom. The molecule has 0 amide bonds. The van der Waals surface area contributed by atoms with E-state index in [1.54, 1.807) is 12.1 Å². The average Bonchev–Trinajstić information content (AvgIpc) is 2.40. The Balaban J connectivity index is 2.29. The SMILES string of the molecule is CCC1CNC(C(C)C)CN1c1cc(F)ccc1Cl. The van der Waals surface area contributed by atoms with Gasteiger partial charge >= 0.3 is 0 Å². The van der Waals surface area contributed by atoms with Crippen LogP contribution in [0.3, 0.4) is 0 Å². The zero-order chi connectivity index (χ0) is 14.0. The molecular formula is C15H22ClFN2. The molecule has 19 heavy (non-hydrogen) atoms. The topological polar surface area (TPSA) is 15.3 Å². The molecule has 1 saturated heterocycles. The number of benzene rings is 1. The van der Waals surface area contributed by atoms with Gasteiger partial charge in [-0.3, -0.25) is 0 Å². The molecular weight excluding hydrogens is 263 g/mol. The fraction of sp³-hybridized carbons (Fsp3) is 0.600. The highest BCUT2D eigenvalue weighted by atomic mass is 35.5. The summed E-state index contributed by atoms with van der Waals surface area (Å²) in [5, 5.41) is 4.20. The van der Waals surface area contributed by atoms with E-state index in [0.29, 0.717) is 23.0 Å². The molecule has 0 saturated carbocycles. The minimum atomic E-state index is -0.228. The third kappa shape index (κ3) is 3.21. The molecule has 1 aromatic carbocycles. The van der Waals surface area contributed by atoms with E-state index in [1.165, 1.54) is 6.07 Å². The molecule has 1 aliphatic heterocycles. The van der Waals surface area contributed by atoms with Crippen LogP contribution >= 0.6 is 11.6 Å². The normalized spacial score (nSPS) is 24.0. The summed E-state index contributed by atoms with van der Waals surface area (Å²) in [4.78, 5) is 2.26. The number of nitrogens with one attached hydrogen (secondary N) is 1. The summed E-state index contributed by atoms with van der Waals surface area (Å²) in [6.45, 7) is 8.36. The van der Waals surface area contributed by atoms with Crippen LogP contribution in [-0.2, 0) is 0 Å². The van der Waals surface area contributed by atoms with Crippen LogP contribution in [0.1, 0.15) is 27.2 Å². The van der Waals surface area contributed by atoms with E-state index < -0.39 is 0 Å². The maximum absolute atomic E-state index is 13.5. The van der Waals surface area contributed by atoms with Gasteiger partial charge in [0.15, 0.2) is 0 Å². The van der Waals surface area contributed by atoms with Crippen molar-refractivity contribution in [1.82, 2.24) is 5.32 Å². The zero-order valence-electron chi connectivity index (χ0n) is 11.8. The van der Waals surface area contributed by atoms with Crippen LogP contribution in [0.5, 0.6) is 0 Å². The van der Waals surface area contributed by atoms with Crippen molar-refractivity contribution in [2.24, 2.45) is 5.92 Å². The first-order valence-electron chi connectivity index (χ1n) is 6.98. The summed E-state index contributed by atoms with van der Waals surface area (Å²) in [7, 11) is 0. The van der Waals surface area contributed by atoms with Crippen molar-refractivity contribution in [2.75, 3.05) is 18.0 Å². The molecule has 1 aromatic rings. The van der Waals surface area contributed by atoms with E-state index in [2.05, 4.69) is 31.0 Å². The average molecular weight is 285 g/mol. The van der Waals surface area contributed by atoms with Crippen LogP contribution in [0.4, 0.5) is 10.1 Å². The van der Waals surface area contributed by atoms with Crippen molar-refractivity contribution in [3.8, 4) is 0 Å². The van der Waals surface area contributed by atoms with Gasteiger partial charge in [-0.1, -0.05) is 32.4 Å². The summed E-state index contributed by atoms with van der Waals surface area (Å²) in [5.74, 6) is 0.321. The molecule has 1 N–H and O–H groups in total. The number of anilines is 1.